The van der Waals surface area contributed by atoms with Gasteiger partial charge in [-0.3, -0.25) is 9.69 Å². The van der Waals surface area contributed by atoms with Gasteiger partial charge in [-0.25, -0.2) is 19.4 Å². The number of halogens is 4. The van der Waals surface area contributed by atoms with Crippen LogP contribution in [0.3, 0.4) is 0 Å². The van der Waals surface area contributed by atoms with E-state index in [0.29, 0.717) is 5.56 Å². The van der Waals surface area contributed by atoms with Gasteiger partial charge < -0.3 is 9.92 Å². The molecule has 1 amide bonds. The number of nitrogens with zero attached hydrogens (tertiary/aromatic N) is 4. The Morgan fingerprint density at radius 2 is 1.63 bits per heavy atom. The maximum Gasteiger partial charge on any atom is 0.534 e. The first-order chi connectivity index (χ1) is 16.4. The van der Waals surface area contributed by atoms with E-state index in [4.69, 9.17) is 5.73 Å². The normalized spacial score (nSPS) is 18.5. The molecular formula is C21H15F4N5O4S. The number of hydrogen-bond acceptors (Lipinski definition) is 8. The lowest BCUT2D eigenvalue weighted by Crippen LogP contribution is -2.41. The third kappa shape index (κ3) is 4.05. The maximum absolute atomic E-state index is 14.7. The number of likely N-dealkylation sites (N-methyl/N-ethyl adjacent to an activating group) is 1. The second-order valence-corrected chi connectivity index (χ2v) is 8.91. The quantitative estimate of drug-likeness (QED) is 0.318. The molecule has 1 aliphatic rings. The highest BCUT2D eigenvalue weighted by Gasteiger charge is 2.50. The fourth-order valence-corrected chi connectivity index (χ4v) is 3.98. The van der Waals surface area contributed by atoms with Crippen molar-refractivity contribution >= 4 is 22.0 Å². The highest BCUT2D eigenvalue weighted by atomic mass is 32.2. The van der Waals surface area contributed by atoms with Crippen LogP contribution in [-0.2, 0) is 20.5 Å². The molecule has 0 aliphatic carbocycles. The first kappa shape index (κ1) is 24.1. The maximum atomic E-state index is 14.7. The summed E-state index contributed by atoms with van der Waals surface area (Å²) < 4.78 is 79.3. The molecule has 0 fully saturated rings. The van der Waals surface area contributed by atoms with Crippen LogP contribution in [0.15, 0.2) is 66.2 Å². The zero-order chi connectivity index (χ0) is 25.6. The van der Waals surface area contributed by atoms with Crippen LogP contribution in [0, 0.1) is 5.82 Å². The van der Waals surface area contributed by atoms with Crippen LogP contribution in [0.4, 0.5) is 17.6 Å². The number of benzene rings is 2. The molecule has 35 heavy (non-hydrogen) atoms. The van der Waals surface area contributed by atoms with Crippen LogP contribution in [0.2, 0.25) is 0 Å². The van der Waals surface area contributed by atoms with Gasteiger partial charge in [0.05, 0.1) is 0 Å². The number of rotatable bonds is 5. The Hall–Kier alpha value is -4.07. The molecule has 2 N–H and O–H groups in total. The second-order valence-electron chi connectivity index (χ2n) is 7.37. The van der Waals surface area contributed by atoms with Crippen LogP contribution >= 0.6 is 0 Å². The van der Waals surface area contributed by atoms with Crippen molar-refractivity contribution in [2.24, 2.45) is 10.7 Å². The average molecular weight is 509 g/mol. The number of aromatic nitrogens is 2. The van der Waals surface area contributed by atoms with Crippen molar-refractivity contribution in [3.63, 3.8) is 0 Å². The molecule has 0 radical (unpaired) electrons. The van der Waals surface area contributed by atoms with Crippen molar-refractivity contribution in [1.29, 1.82) is 0 Å². The Morgan fingerprint density at radius 1 is 1.03 bits per heavy atom. The van der Waals surface area contributed by atoms with Gasteiger partial charge in [-0.2, -0.15) is 21.6 Å². The van der Waals surface area contributed by atoms with E-state index in [1.165, 1.54) is 50.0 Å². The SMILES string of the molecule is CN1C(=O)C(c2ccc(OS(=O)(=O)C(F)(F)F)cc2)(c2ccc(F)c(-c3cncnc3)c2)N=C1N. The molecule has 1 atom stereocenters. The number of alkyl halides is 3. The molecular weight excluding hydrogens is 494 g/mol. The Balaban J connectivity index is 1.84. The monoisotopic (exact) mass is 509 g/mol. The van der Waals surface area contributed by atoms with Crippen LogP contribution in [0.5, 0.6) is 5.75 Å². The zero-order valence-electron chi connectivity index (χ0n) is 17.7. The molecule has 3 aromatic rings. The molecule has 1 aromatic heterocycles. The number of carbonyl (C=O) groups excluding carboxylic acids is 1. The molecule has 0 bridgehead atoms. The molecule has 4 rings (SSSR count). The molecule has 1 aliphatic heterocycles. The van der Waals surface area contributed by atoms with Crippen molar-refractivity contribution in [3.05, 3.63) is 78.1 Å². The van der Waals surface area contributed by atoms with E-state index in [2.05, 4.69) is 19.1 Å². The van der Waals surface area contributed by atoms with Gasteiger partial charge in [0, 0.05) is 30.6 Å². The second kappa shape index (κ2) is 8.30. The summed E-state index contributed by atoms with van der Waals surface area (Å²) in [7, 11) is -4.53. The predicted molar refractivity (Wildman–Crippen MR) is 115 cm³/mol. The van der Waals surface area contributed by atoms with Crippen LogP contribution in [0.1, 0.15) is 11.1 Å². The van der Waals surface area contributed by atoms with Crippen LogP contribution in [-0.4, -0.2) is 47.7 Å². The Kier molecular flexibility index (Phi) is 5.71. The summed E-state index contributed by atoms with van der Waals surface area (Å²) in [5.74, 6) is -2.06. The molecule has 0 spiro atoms. The predicted octanol–water partition coefficient (Wildman–Crippen LogP) is 2.54. The van der Waals surface area contributed by atoms with Crippen molar-refractivity contribution in [3.8, 4) is 16.9 Å². The third-order valence-corrected chi connectivity index (χ3v) is 6.24. The van der Waals surface area contributed by atoms with Gasteiger partial charge in [0.25, 0.3) is 5.91 Å². The summed E-state index contributed by atoms with van der Waals surface area (Å²) in [6.07, 6.45) is 4.00. The fraction of sp³-hybridized carbons (Fsp3) is 0.143. The first-order valence-corrected chi connectivity index (χ1v) is 11.1. The van der Waals surface area contributed by atoms with Gasteiger partial charge in [0.1, 0.15) is 17.9 Å². The molecule has 9 nitrogen and oxygen atoms in total. The number of guanidine groups is 1. The van der Waals surface area contributed by atoms with Gasteiger partial charge in [0.15, 0.2) is 11.5 Å². The number of carbonyl (C=O) groups is 1. The highest BCUT2D eigenvalue weighted by molar-refractivity contribution is 7.88. The lowest BCUT2D eigenvalue weighted by molar-refractivity contribution is -0.129. The lowest BCUT2D eigenvalue weighted by atomic mass is 9.81. The number of aliphatic imine (C=N–C) groups is 1. The molecule has 14 heteroatoms. The summed E-state index contributed by atoms with van der Waals surface area (Å²) in [6, 6.07) is 8.01. The van der Waals surface area contributed by atoms with Gasteiger partial charge >= 0.3 is 15.6 Å². The van der Waals surface area contributed by atoms with Gasteiger partial charge in [-0.15, -0.1) is 0 Å². The molecule has 0 saturated heterocycles. The van der Waals surface area contributed by atoms with E-state index < -0.39 is 38.6 Å². The minimum absolute atomic E-state index is 0.0647. The van der Waals surface area contributed by atoms with Crippen molar-refractivity contribution in [1.82, 2.24) is 14.9 Å². The highest BCUT2D eigenvalue weighted by Crippen LogP contribution is 2.41. The smallest absolute Gasteiger partial charge is 0.376 e. The first-order valence-electron chi connectivity index (χ1n) is 9.67. The number of nitrogens with two attached hydrogens (primary N) is 1. The van der Waals surface area contributed by atoms with E-state index >= 15 is 0 Å². The van der Waals surface area contributed by atoms with Crippen LogP contribution in [0.25, 0.3) is 11.1 Å². The van der Waals surface area contributed by atoms with E-state index in [9.17, 15) is 30.8 Å². The summed E-state index contributed by atoms with van der Waals surface area (Å²) >= 11 is 0. The standard InChI is InChI=1S/C21H15F4N5O4S/c1-30-18(31)20(29-19(30)26,13-2-5-15(6-3-13)34-35(32,33)21(23,24)25)14-4-7-17(22)16(8-14)12-9-27-11-28-10-12/h2-11H,1H3,(H2,26,29). The van der Waals surface area contributed by atoms with E-state index in [-0.39, 0.29) is 22.6 Å². The summed E-state index contributed by atoms with van der Waals surface area (Å²) in [6.45, 7) is 0. The number of hydrogen-bond donors (Lipinski definition) is 1. The van der Waals surface area contributed by atoms with Gasteiger partial charge in [0.2, 0.25) is 0 Å². The molecule has 0 saturated carbocycles. The Labute approximate surface area is 196 Å². The van der Waals surface area contributed by atoms with E-state index in [1.807, 2.05) is 0 Å². The minimum atomic E-state index is -5.90. The van der Waals surface area contributed by atoms with Crippen LogP contribution < -0.4 is 9.92 Å². The van der Waals surface area contributed by atoms with Crippen molar-refractivity contribution < 1.29 is 35.0 Å². The average Bonchev–Trinajstić information content (AvgIpc) is 3.04. The zero-order valence-corrected chi connectivity index (χ0v) is 18.5. The molecule has 2 aromatic carbocycles. The lowest BCUT2D eigenvalue weighted by Gasteiger charge is -2.27. The van der Waals surface area contributed by atoms with E-state index in [1.54, 1.807) is 0 Å². The fourth-order valence-electron chi connectivity index (χ4n) is 3.52. The minimum Gasteiger partial charge on any atom is -0.376 e. The van der Waals surface area contributed by atoms with E-state index in [0.717, 1.165) is 23.1 Å². The van der Waals surface area contributed by atoms with Gasteiger partial charge in [-0.1, -0.05) is 18.2 Å². The third-order valence-electron chi connectivity index (χ3n) is 5.26. The number of amides is 1. The largest absolute Gasteiger partial charge is 0.534 e. The van der Waals surface area contributed by atoms with Crippen molar-refractivity contribution in [2.75, 3.05) is 7.05 Å². The Bertz CT molecular complexity index is 1430. The molecule has 1 unspecified atom stereocenters. The molecule has 2 heterocycles. The summed E-state index contributed by atoms with van der Waals surface area (Å²) in [5, 5.41) is 0. The molecule has 182 valence electrons. The summed E-state index contributed by atoms with van der Waals surface area (Å²) in [4.78, 5) is 26.4. The van der Waals surface area contributed by atoms with Gasteiger partial charge in [-0.05, 0) is 35.4 Å². The Morgan fingerprint density at radius 3 is 2.17 bits per heavy atom. The van der Waals surface area contributed by atoms with Crippen molar-refractivity contribution in [2.45, 2.75) is 11.0 Å². The summed E-state index contributed by atoms with van der Waals surface area (Å²) in [5.41, 5.74) is -0.879. The topological polar surface area (TPSA) is 128 Å².